The van der Waals surface area contributed by atoms with E-state index >= 15 is 0 Å². The molecule has 5 nitrogen and oxygen atoms in total. The molecular formula is C24H15N5. The molecule has 4 heterocycles. The average molecular weight is 373 g/mol. The van der Waals surface area contributed by atoms with Crippen LogP contribution in [-0.4, -0.2) is 24.9 Å². The molecule has 6 rings (SSSR count). The first kappa shape index (κ1) is 15.9. The van der Waals surface area contributed by atoms with Crippen molar-refractivity contribution in [3.8, 4) is 22.6 Å². The number of nitrogens with zero attached hydrogens (tertiary/aromatic N) is 4. The van der Waals surface area contributed by atoms with Gasteiger partial charge in [-0.25, -0.2) is 4.98 Å². The number of rotatable bonds is 2. The van der Waals surface area contributed by atoms with Gasteiger partial charge in [0, 0.05) is 40.5 Å². The van der Waals surface area contributed by atoms with E-state index in [2.05, 4.69) is 50.3 Å². The molecule has 6 aromatic rings. The number of hydrogen-bond acceptors (Lipinski definition) is 4. The third kappa shape index (κ3) is 2.48. The second-order valence-corrected chi connectivity index (χ2v) is 6.90. The van der Waals surface area contributed by atoms with Crippen LogP contribution < -0.4 is 0 Å². The van der Waals surface area contributed by atoms with Crippen LogP contribution in [0.5, 0.6) is 0 Å². The van der Waals surface area contributed by atoms with E-state index in [-0.39, 0.29) is 0 Å². The van der Waals surface area contributed by atoms with Crippen molar-refractivity contribution in [1.82, 2.24) is 24.9 Å². The van der Waals surface area contributed by atoms with Crippen molar-refractivity contribution in [2.45, 2.75) is 0 Å². The molecular weight excluding hydrogens is 358 g/mol. The summed E-state index contributed by atoms with van der Waals surface area (Å²) in [6, 6.07) is 22.2. The van der Waals surface area contributed by atoms with Gasteiger partial charge in [0.1, 0.15) is 5.82 Å². The van der Waals surface area contributed by atoms with Gasteiger partial charge in [0.05, 0.1) is 27.8 Å². The van der Waals surface area contributed by atoms with Crippen molar-refractivity contribution in [1.29, 1.82) is 0 Å². The molecule has 1 N–H and O–H groups in total. The van der Waals surface area contributed by atoms with Gasteiger partial charge in [0.2, 0.25) is 0 Å². The Bertz CT molecular complexity index is 1410. The lowest BCUT2D eigenvalue weighted by Crippen LogP contribution is -1.86. The van der Waals surface area contributed by atoms with Crippen LogP contribution in [0.4, 0.5) is 0 Å². The topological polar surface area (TPSA) is 67.3 Å². The zero-order chi connectivity index (χ0) is 19.2. The van der Waals surface area contributed by atoms with Crippen LogP contribution >= 0.6 is 0 Å². The Kier molecular flexibility index (Phi) is 3.40. The maximum absolute atomic E-state index is 4.92. The van der Waals surface area contributed by atoms with Crippen LogP contribution in [0.25, 0.3) is 55.5 Å². The predicted molar refractivity (Wildman–Crippen MR) is 115 cm³/mol. The van der Waals surface area contributed by atoms with Crippen LogP contribution in [-0.2, 0) is 0 Å². The van der Waals surface area contributed by atoms with E-state index < -0.39 is 0 Å². The van der Waals surface area contributed by atoms with Crippen LogP contribution in [0.2, 0.25) is 0 Å². The maximum atomic E-state index is 4.92. The van der Waals surface area contributed by atoms with Crippen molar-refractivity contribution in [3.05, 3.63) is 85.3 Å². The summed E-state index contributed by atoms with van der Waals surface area (Å²) in [7, 11) is 0. The second kappa shape index (κ2) is 6.21. The number of aromatic amines is 1. The van der Waals surface area contributed by atoms with E-state index in [0.717, 1.165) is 55.5 Å². The van der Waals surface area contributed by atoms with E-state index in [1.807, 2.05) is 36.4 Å². The molecule has 0 bridgehead atoms. The first-order valence-electron chi connectivity index (χ1n) is 9.41. The van der Waals surface area contributed by atoms with Gasteiger partial charge in [0.15, 0.2) is 0 Å². The molecule has 0 saturated heterocycles. The first-order valence-corrected chi connectivity index (χ1v) is 9.41. The van der Waals surface area contributed by atoms with E-state index in [4.69, 9.17) is 4.98 Å². The highest BCUT2D eigenvalue weighted by molar-refractivity contribution is 6.21. The van der Waals surface area contributed by atoms with Gasteiger partial charge in [-0.3, -0.25) is 15.0 Å². The Morgan fingerprint density at radius 3 is 2.00 bits per heavy atom. The SMILES string of the molecule is c1ccc(-c2ccc(-c3nc4c5cccnc5c5ncccc5c4[nH]3)cc2)nc1. The highest BCUT2D eigenvalue weighted by Crippen LogP contribution is 2.33. The highest BCUT2D eigenvalue weighted by Gasteiger charge is 2.15. The molecule has 4 aromatic heterocycles. The molecule has 0 aliphatic carbocycles. The second-order valence-electron chi connectivity index (χ2n) is 6.90. The van der Waals surface area contributed by atoms with Gasteiger partial charge in [-0.15, -0.1) is 0 Å². The minimum Gasteiger partial charge on any atom is -0.337 e. The van der Waals surface area contributed by atoms with Crippen LogP contribution in [0, 0.1) is 0 Å². The van der Waals surface area contributed by atoms with E-state index in [1.165, 1.54) is 0 Å². The number of hydrogen-bond donors (Lipinski definition) is 1. The van der Waals surface area contributed by atoms with Crippen LogP contribution in [0.3, 0.4) is 0 Å². The molecule has 2 aromatic carbocycles. The Labute approximate surface area is 166 Å². The van der Waals surface area contributed by atoms with E-state index in [0.29, 0.717) is 0 Å². The quantitative estimate of drug-likeness (QED) is 0.413. The normalized spacial score (nSPS) is 11.4. The number of benzene rings is 2. The lowest BCUT2D eigenvalue weighted by Gasteiger charge is -2.03. The smallest absolute Gasteiger partial charge is 0.138 e. The molecule has 0 fully saturated rings. The number of pyridine rings is 3. The summed E-state index contributed by atoms with van der Waals surface area (Å²) in [6.45, 7) is 0. The van der Waals surface area contributed by atoms with E-state index in [1.54, 1.807) is 18.6 Å². The molecule has 0 radical (unpaired) electrons. The summed E-state index contributed by atoms with van der Waals surface area (Å²) in [5.41, 5.74) is 6.72. The zero-order valence-corrected chi connectivity index (χ0v) is 15.4. The Hall–Kier alpha value is -4.12. The summed E-state index contributed by atoms with van der Waals surface area (Å²) in [4.78, 5) is 22.0. The lowest BCUT2D eigenvalue weighted by molar-refractivity contribution is 1.32. The molecule has 0 spiro atoms. The Morgan fingerprint density at radius 2 is 1.24 bits per heavy atom. The molecule has 5 heteroatoms. The fourth-order valence-electron chi connectivity index (χ4n) is 3.81. The van der Waals surface area contributed by atoms with Gasteiger partial charge < -0.3 is 4.98 Å². The Balaban J connectivity index is 1.56. The third-order valence-electron chi connectivity index (χ3n) is 5.19. The molecule has 0 amide bonds. The van der Waals surface area contributed by atoms with Gasteiger partial charge in [0.25, 0.3) is 0 Å². The highest BCUT2D eigenvalue weighted by atomic mass is 14.9. The van der Waals surface area contributed by atoms with Gasteiger partial charge in [-0.1, -0.05) is 30.3 Å². The van der Waals surface area contributed by atoms with Crippen molar-refractivity contribution >= 4 is 32.8 Å². The molecule has 136 valence electrons. The fourth-order valence-corrected chi connectivity index (χ4v) is 3.81. The van der Waals surface area contributed by atoms with Crippen molar-refractivity contribution in [3.63, 3.8) is 0 Å². The molecule has 0 unspecified atom stereocenters. The first-order chi connectivity index (χ1) is 14.4. The van der Waals surface area contributed by atoms with E-state index in [9.17, 15) is 0 Å². The summed E-state index contributed by atoms with van der Waals surface area (Å²) in [5, 5.41) is 2.03. The van der Waals surface area contributed by atoms with Crippen molar-refractivity contribution < 1.29 is 0 Å². The summed E-state index contributed by atoms with van der Waals surface area (Å²) in [6.07, 6.45) is 5.41. The maximum Gasteiger partial charge on any atom is 0.138 e. The molecule has 29 heavy (non-hydrogen) atoms. The summed E-state index contributed by atoms with van der Waals surface area (Å²) < 4.78 is 0. The molecule has 0 atom stereocenters. The molecule has 0 saturated carbocycles. The average Bonchev–Trinajstić information content (AvgIpc) is 3.26. The number of H-pyrrole nitrogens is 1. The monoisotopic (exact) mass is 373 g/mol. The fraction of sp³-hybridized carbons (Fsp3) is 0. The van der Waals surface area contributed by atoms with Crippen LogP contribution in [0.1, 0.15) is 0 Å². The van der Waals surface area contributed by atoms with Gasteiger partial charge in [-0.05, 0) is 36.4 Å². The third-order valence-corrected chi connectivity index (χ3v) is 5.19. The lowest BCUT2D eigenvalue weighted by atomic mass is 10.1. The zero-order valence-electron chi connectivity index (χ0n) is 15.4. The number of aromatic nitrogens is 5. The van der Waals surface area contributed by atoms with Crippen molar-refractivity contribution in [2.24, 2.45) is 0 Å². The minimum atomic E-state index is 0.828. The molecule has 0 aliphatic rings. The van der Waals surface area contributed by atoms with Gasteiger partial charge in [-0.2, -0.15) is 0 Å². The summed E-state index contributed by atoms with van der Waals surface area (Å²) in [5.74, 6) is 0.828. The summed E-state index contributed by atoms with van der Waals surface area (Å²) >= 11 is 0. The number of imidazole rings is 1. The standard InChI is InChI=1S/C24H15N5/c1-2-12-25-19(7-1)15-8-10-16(11-9-15)24-28-22-17-5-3-13-26-20(17)21-18(23(22)29-24)6-4-14-27-21/h1-14H,(H,28,29). The van der Waals surface area contributed by atoms with Crippen LogP contribution in [0.15, 0.2) is 85.3 Å². The minimum absolute atomic E-state index is 0.828. The van der Waals surface area contributed by atoms with Gasteiger partial charge >= 0.3 is 0 Å². The number of nitrogens with one attached hydrogen (secondary N) is 1. The largest absolute Gasteiger partial charge is 0.337 e. The number of fused-ring (bicyclic) bond motifs is 6. The predicted octanol–water partition coefficient (Wildman–Crippen LogP) is 5.39. The molecule has 0 aliphatic heterocycles. The van der Waals surface area contributed by atoms with Crippen molar-refractivity contribution in [2.75, 3.05) is 0 Å². The Morgan fingerprint density at radius 1 is 0.552 bits per heavy atom.